The molecule has 0 unspecified atom stereocenters. The number of aromatic nitrogens is 1. The first kappa shape index (κ1) is 16.6. The molecule has 2 aliphatic rings. The summed E-state index contributed by atoms with van der Waals surface area (Å²) in [4.78, 5) is 25.7. The number of aliphatic imine (C=N–C) groups is 2. The van der Waals surface area contributed by atoms with Gasteiger partial charge in [0.1, 0.15) is 12.3 Å². The molecule has 0 radical (unpaired) electrons. The number of hydrogen-bond acceptors (Lipinski definition) is 5. The molecule has 0 saturated carbocycles. The minimum absolute atomic E-state index is 0.254. The van der Waals surface area contributed by atoms with Crippen molar-refractivity contribution < 1.29 is 9.53 Å². The van der Waals surface area contributed by atoms with Crippen LogP contribution < -0.4 is 0 Å². The molecule has 2 aliphatic heterocycles. The highest BCUT2D eigenvalue weighted by Gasteiger charge is 2.26. The Kier molecular flexibility index (Phi) is 4.05. The van der Waals surface area contributed by atoms with Crippen molar-refractivity contribution in [1.82, 2.24) is 4.98 Å². The van der Waals surface area contributed by atoms with E-state index in [1.165, 1.54) is 5.56 Å². The van der Waals surface area contributed by atoms with Crippen molar-refractivity contribution in [2.24, 2.45) is 9.98 Å². The number of benzene rings is 2. The van der Waals surface area contributed by atoms with Crippen LogP contribution >= 0.6 is 0 Å². The number of esters is 1. The quantitative estimate of drug-likeness (QED) is 0.659. The standard InChI is InChI=1S/C23H17N3O2/c27-23(28-14-15-4-2-1-3-5-15)21-11-17-10-18-13-25-22(16-6-8-24-9-7-16)19(18)12-20(17)26-21/h1-10,12H,11,13-14H2. The summed E-state index contributed by atoms with van der Waals surface area (Å²) in [6.07, 6.45) is 4.03. The van der Waals surface area contributed by atoms with Gasteiger partial charge >= 0.3 is 5.97 Å². The molecular weight excluding hydrogens is 350 g/mol. The first-order valence-electron chi connectivity index (χ1n) is 9.17. The maximum Gasteiger partial charge on any atom is 0.353 e. The highest BCUT2D eigenvalue weighted by Crippen LogP contribution is 2.34. The number of carbonyl (C=O) groups excluding carboxylic acids is 1. The molecule has 5 nitrogen and oxygen atoms in total. The number of rotatable bonds is 4. The number of fused-ring (bicyclic) bond motifs is 2. The summed E-state index contributed by atoms with van der Waals surface area (Å²) in [6.45, 7) is 0.901. The van der Waals surface area contributed by atoms with Crippen molar-refractivity contribution in [2.45, 2.75) is 19.6 Å². The first-order valence-corrected chi connectivity index (χ1v) is 9.17. The lowest BCUT2D eigenvalue weighted by Gasteiger charge is -2.06. The summed E-state index contributed by atoms with van der Waals surface area (Å²) in [5.41, 5.74) is 7.53. The molecule has 2 aromatic carbocycles. The van der Waals surface area contributed by atoms with Gasteiger partial charge in [-0.1, -0.05) is 36.4 Å². The molecule has 0 saturated heterocycles. The molecular formula is C23H17N3O2. The Labute approximate surface area is 162 Å². The maximum absolute atomic E-state index is 12.4. The van der Waals surface area contributed by atoms with Gasteiger partial charge in [0.05, 0.1) is 17.9 Å². The van der Waals surface area contributed by atoms with E-state index in [2.05, 4.69) is 21.0 Å². The molecule has 3 aromatic rings. The number of carbonyl (C=O) groups is 1. The fraction of sp³-hybridized carbons (Fsp3) is 0.130. The molecule has 0 aliphatic carbocycles. The lowest BCUT2D eigenvalue weighted by Crippen LogP contribution is -2.17. The molecule has 0 fully saturated rings. The minimum Gasteiger partial charge on any atom is -0.456 e. The molecule has 0 N–H and O–H groups in total. The fourth-order valence-electron chi connectivity index (χ4n) is 3.58. The van der Waals surface area contributed by atoms with E-state index in [1.807, 2.05) is 48.5 Å². The van der Waals surface area contributed by atoms with Crippen LogP contribution in [0.25, 0.3) is 0 Å². The summed E-state index contributed by atoms with van der Waals surface area (Å²) in [6, 6.07) is 17.7. The van der Waals surface area contributed by atoms with Gasteiger partial charge < -0.3 is 4.74 Å². The van der Waals surface area contributed by atoms with Gasteiger partial charge in [0.25, 0.3) is 0 Å². The zero-order valence-electron chi connectivity index (χ0n) is 15.1. The van der Waals surface area contributed by atoms with Crippen LogP contribution in [0.2, 0.25) is 0 Å². The molecule has 5 rings (SSSR count). The number of pyridine rings is 1. The predicted molar refractivity (Wildman–Crippen MR) is 107 cm³/mol. The lowest BCUT2D eigenvalue weighted by atomic mass is 9.97. The van der Waals surface area contributed by atoms with Gasteiger partial charge in [-0.15, -0.1) is 0 Å². The number of ether oxygens (including phenoxy) is 1. The predicted octanol–water partition coefficient (Wildman–Crippen LogP) is 3.80. The largest absolute Gasteiger partial charge is 0.456 e. The molecule has 5 heteroatoms. The van der Waals surface area contributed by atoms with Crippen molar-refractivity contribution in [3.63, 3.8) is 0 Å². The van der Waals surface area contributed by atoms with E-state index >= 15 is 0 Å². The van der Waals surface area contributed by atoms with Gasteiger partial charge in [0, 0.05) is 29.9 Å². The second-order valence-electron chi connectivity index (χ2n) is 6.84. The summed E-state index contributed by atoms with van der Waals surface area (Å²) in [5, 5.41) is 0. The Morgan fingerprint density at radius 3 is 2.64 bits per heavy atom. The third-order valence-corrected chi connectivity index (χ3v) is 4.98. The molecule has 0 atom stereocenters. The first-order chi connectivity index (χ1) is 13.8. The smallest absolute Gasteiger partial charge is 0.353 e. The number of hydrogen-bond donors (Lipinski definition) is 0. The Bertz CT molecular complexity index is 1120. The van der Waals surface area contributed by atoms with E-state index in [0.29, 0.717) is 18.7 Å². The fourth-order valence-corrected chi connectivity index (χ4v) is 3.58. The Morgan fingerprint density at radius 1 is 1.00 bits per heavy atom. The van der Waals surface area contributed by atoms with Crippen LogP contribution in [0.5, 0.6) is 0 Å². The van der Waals surface area contributed by atoms with E-state index in [0.717, 1.165) is 33.7 Å². The van der Waals surface area contributed by atoms with E-state index in [9.17, 15) is 4.79 Å². The summed E-state index contributed by atoms with van der Waals surface area (Å²) < 4.78 is 5.43. The van der Waals surface area contributed by atoms with Gasteiger partial charge in [-0.05, 0) is 34.9 Å². The number of nitrogens with zero attached hydrogens (tertiary/aromatic N) is 3. The topological polar surface area (TPSA) is 63.9 Å². The molecule has 28 heavy (non-hydrogen) atoms. The van der Waals surface area contributed by atoms with E-state index in [1.54, 1.807) is 12.4 Å². The minimum atomic E-state index is -0.358. The molecule has 136 valence electrons. The van der Waals surface area contributed by atoms with Gasteiger partial charge in [-0.25, -0.2) is 9.79 Å². The van der Waals surface area contributed by atoms with Crippen LogP contribution in [0.1, 0.15) is 27.8 Å². The maximum atomic E-state index is 12.4. The normalized spacial score (nSPS) is 14.1. The monoisotopic (exact) mass is 367 g/mol. The third-order valence-electron chi connectivity index (χ3n) is 4.98. The van der Waals surface area contributed by atoms with Crippen LogP contribution in [0.15, 0.2) is 77.0 Å². The summed E-state index contributed by atoms with van der Waals surface area (Å²) in [7, 11) is 0. The second kappa shape index (κ2) is 6.85. The lowest BCUT2D eigenvalue weighted by molar-refractivity contribution is -0.136. The van der Waals surface area contributed by atoms with Crippen molar-refractivity contribution >= 4 is 23.1 Å². The van der Waals surface area contributed by atoms with Crippen LogP contribution in [0.4, 0.5) is 5.69 Å². The second-order valence-corrected chi connectivity index (χ2v) is 6.84. The van der Waals surface area contributed by atoms with Crippen molar-refractivity contribution in [1.29, 1.82) is 0 Å². The van der Waals surface area contributed by atoms with Gasteiger partial charge in [0.15, 0.2) is 0 Å². The Balaban J connectivity index is 1.36. The molecule has 0 amide bonds. The van der Waals surface area contributed by atoms with Crippen molar-refractivity contribution in [2.75, 3.05) is 0 Å². The highest BCUT2D eigenvalue weighted by atomic mass is 16.5. The van der Waals surface area contributed by atoms with Crippen LogP contribution in [0.3, 0.4) is 0 Å². The molecule has 0 spiro atoms. The van der Waals surface area contributed by atoms with Gasteiger partial charge in [0.2, 0.25) is 0 Å². The van der Waals surface area contributed by atoms with Gasteiger partial charge in [-0.3, -0.25) is 9.98 Å². The van der Waals surface area contributed by atoms with Crippen molar-refractivity contribution in [3.8, 4) is 0 Å². The van der Waals surface area contributed by atoms with Crippen LogP contribution in [0, 0.1) is 0 Å². The highest BCUT2D eigenvalue weighted by molar-refractivity contribution is 6.38. The molecule has 1 aromatic heterocycles. The Morgan fingerprint density at radius 2 is 1.82 bits per heavy atom. The van der Waals surface area contributed by atoms with E-state index in [-0.39, 0.29) is 12.6 Å². The van der Waals surface area contributed by atoms with Crippen LogP contribution in [-0.2, 0) is 29.1 Å². The summed E-state index contributed by atoms with van der Waals surface area (Å²) >= 11 is 0. The van der Waals surface area contributed by atoms with E-state index in [4.69, 9.17) is 4.74 Å². The van der Waals surface area contributed by atoms with E-state index < -0.39 is 0 Å². The van der Waals surface area contributed by atoms with Crippen LogP contribution in [-0.4, -0.2) is 22.4 Å². The van der Waals surface area contributed by atoms with Gasteiger partial charge in [-0.2, -0.15) is 0 Å². The third kappa shape index (κ3) is 3.01. The molecule has 0 bridgehead atoms. The average Bonchev–Trinajstić information content (AvgIpc) is 3.35. The zero-order chi connectivity index (χ0) is 18.9. The van der Waals surface area contributed by atoms with Crippen molar-refractivity contribution in [3.05, 3.63) is 94.8 Å². The zero-order valence-corrected chi connectivity index (χ0v) is 15.1. The summed E-state index contributed by atoms with van der Waals surface area (Å²) in [5.74, 6) is -0.358. The molecule has 3 heterocycles. The average molecular weight is 367 g/mol. The Hall–Kier alpha value is -3.60. The SMILES string of the molecule is O=C(OCc1ccccc1)C1=Nc2cc3c(cc2C1)CN=C3c1ccncc1.